The van der Waals surface area contributed by atoms with E-state index in [1.807, 2.05) is 0 Å². The van der Waals surface area contributed by atoms with Crippen molar-refractivity contribution in [2.24, 2.45) is 0 Å². The van der Waals surface area contributed by atoms with Gasteiger partial charge in [0.1, 0.15) is 12.4 Å². The molecular weight excluding hydrogens is 480 g/mol. The van der Waals surface area contributed by atoms with Crippen molar-refractivity contribution in [2.75, 3.05) is 32.7 Å². The van der Waals surface area contributed by atoms with Crippen LogP contribution >= 0.6 is 12.2 Å². The van der Waals surface area contributed by atoms with Crippen LogP contribution in [0.15, 0.2) is 54.6 Å². The summed E-state index contributed by atoms with van der Waals surface area (Å²) >= 11 is 6.02. The van der Waals surface area contributed by atoms with Crippen LogP contribution in [0.5, 0.6) is 17.2 Å². The quantitative estimate of drug-likeness (QED) is 0.322. The van der Waals surface area contributed by atoms with E-state index in [4.69, 9.17) is 26.4 Å². The molecule has 0 radical (unpaired) electrons. The van der Waals surface area contributed by atoms with Crippen LogP contribution < -0.4 is 19.5 Å². The van der Waals surface area contributed by atoms with Gasteiger partial charge < -0.3 is 24.4 Å². The van der Waals surface area contributed by atoms with E-state index in [0.717, 1.165) is 42.1 Å². The summed E-state index contributed by atoms with van der Waals surface area (Å²) < 4.78 is 17.6. The molecule has 0 saturated carbocycles. The minimum absolute atomic E-state index is 0.0811. The molecular formula is C31H38N2O3S. The summed E-state index contributed by atoms with van der Waals surface area (Å²) in [4.78, 5) is 2.25. The molecule has 3 aromatic rings. The molecule has 0 spiro atoms. The molecule has 0 aliphatic carbocycles. The lowest BCUT2D eigenvalue weighted by molar-refractivity contribution is 0.190. The highest BCUT2D eigenvalue weighted by Crippen LogP contribution is 2.39. The second-order valence-electron chi connectivity index (χ2n) is 9.79. The van der Waals surface area contributed by atoms with E-state index in [-0.39, 0.29) is 6.04 Å². The average molecular weight is 519 g/mol. The third kappa shape index (κ3) is 5.85. The third-order valence-electron chi connectivity index (χ3n) is 7.19. The van der Waals surface area contributed by atoms with Crippen molar-refractivity contribution in [3.63, 3.8) is 0 Å². The first-order valence-electron chi connectivity index (χ1n) is 13.0. The number of ether oxygens (including phenoxy) is 3. The fourth-order valence-electron chi connectivity index (χ4n) is 4.96. The number of para-hydroxylation sites is 1. The van der Waals surface area contributed by atoms with Gasteiger partial charge in [0.15, 0.2) is 16.6 Å². The van der Waals surface area contributed by atoms with E-state index in [9.17, 15) is 0 Å². The molecule has 0 bridgehead atoms. The molecule has 6 heteroatoms. The summed E-state index contributed by atoms with van der Waals surface area (Å²) in [6, 6.07) is 18.8. The van der Waals surface area contributed by atoms with Crippen LogP contribution in [0.4, 0.5) is 5.69 Å². The normalized spacial score (nSPS) is 14.8. The second-order valence-corrected chi connectivity index (χ2v) is 10.2. The zero-order valence-electron chi connectivity index (χ0n) is 22.8. The van der Waals surface area contributed by atoms with Crippen molar-refractivity contribution in [2.45, 2.75) is 52.5 Å². The van der Waals surface area contributed by atoms with Gasteiger partial charge in [0.25, 0.3) is 0 Å². The lowest BCUT2D eigenvalue weighted by Crippen LogP contribution is -2.44. The smallest absolute Gasteiger partial charge is 0.174 e. The molecule has 4 rings (SSSR count). The first-order valence-corrected chi connectivity index (χ1v) is 13.4. The van der Waals surface area contributed by atoms with Gasteiger partial charge in [-0.2, -0.15) is 0 Å². The Morgan fingerprint density at radius 1 is 1.05 bits per heavy atom. The summed E-state index contributed by atoms with van der Waals surface area (Å²) in [6.07, 6.45) is 1.79. The van der Waals surface area contributed by atoms with Gasteiger partial charge in [0, 0.05) is 12.2 Å². The van der Waals surface area contributed by atoms with E-state index in [1.54, 1.807) is 14.2 Å². The van der Waals surface area contributed by atoms with Crippen LogP contribution in [-0.2, 0) is 12.8 Å². The topological polar surface area (TPSA) is 43.0 Å². The van der Waals surface area contributed by atoms with Gasteiger partial charge in [0.05, 0.1) is 20.3 Å². The number of fused-ring (bicyclic) bond motifs is 1. The summed E-state index contributed by atoms with van der Waals surface area (Å²) in [5, 5.41) is 4.28. The first-order chi connectivity index (χ1) is 17.9. The Hall–Kier alpha value is -3.25. The fraction of sp³-hybridized carbons (Fsp3) is 0.387. The highest BCUT2D eigenvalue weighted by atomic mass is 32.1. The largest absolute Gasteiger partial charge is 0.493 e. The van der Waals surface area contributed by atoms with Gasteiger partial charge in [-0.25, -0.2) is 0 Å². The monoisotopic (exact) mass is 518 g/mol. The van der Waals surface area contributed by atoms with Crippen LogP contribution in [0, 0.1) is 6.92 Å². The Morgan fingerprint density at radius 2 is 1.76 bits per heavy atom. The molecule has 5 nitrogen and oxygen atoms in total. The predicted molar refractivity (Wildman–Crippen MR) is 156 cm³/mol. The van der Waals surface area contributed by atoms with Crippen LogP contribution in [-0.4, -0.2) is 37.4 Å². The van der Waals surface area contributed by atoms with Gasteiger partial charge in [0.2, 0.25) is 0 Å². The van der Waals surface area contributed by atoms with Gasteiger partial charge in [-0.05, 0) is 90.0 Å². The molecule has 1 aliphatic heterocycles. The Balaban J connectivity index is 1.65. The maximum Gasteiger partial charge on any atom is 0.174 e. The van der Waals surface area contributed by atoms with Crippen LogP contribution in [0.2, 0.25) is 0 Å². The van der Waals surface area contributed by atoms with Gasteiger partial charge in [-0.15, -0.1) is 0 Å². The lowest BCUT2D eigenvalue weighted by Gasteiger charge is -2.39. The van der Waals surface area contributed by atoms with Crippen molar-refractivity contribution in [3.8, 4) is 17.2 Å². The standard InChI is InChI=1S/C31H38N2O3S/c1-7-22-10-8-9-21(4)30(22)32-31(37)33-16-15-24-17-28(34-5)29(35-6)18-26(24)27(33)19-36-25-13-11-23(12-14-25)20(2)3/h8-14,17-18,20,27H,7,15-16,19H2,1-6H3,(H,32,37). The average Bonchev–Trinajstić information content (AvgIpc) is 2.91. The van der Waals surface area contributed by atoms with Crippen molar-refractivity contribution in [1.29, 1.82) is 0 Å². The van der Waals surface area contributed by atoms with E-state index in [2.05, 4.69) is 92.5 Å². The molecule has 0 aromatic heterocycles. The molecule has 3 aromatic carbocycles. The number of hydrogen-bond acceptors (Lipinski definition) is 4. The molecule has 0 fully saturated rings. The SMILES string of the molecule is CCc1cccc(C)c1NC(=S)N1CCc2cc(OC)c(OC)cc2C1COc1ccc(C(C)C)cc1. The summed E-state index contributed by atoms with van der Waals surface area (Å²) in [5.74, 6) is 2.78. The Morgan fingerprint density at radius 3 is 2.41 bits per heavy atom. The number of nitrogens with one attached hydrogen (secondary N) is 1. The third-order valence-corrected chi connectivity index (χ3v) is 7.53. The van der Waals surface area contributed by atoms with E-state index in [1.165, 1.54) is 22.3 Å². The Labute approximate surface area is 226 Å². The highest BCUT2D eigenvalue weighted by molar-refractivity contribution is 7.80. The second kappa shape index (κ2) is 11.9. The van der Waals surface area contributed by atoms with Crippen molar-refractivity contribution >= 4 is 23.0 Å². The molecule has 1 unspecified atom stereocenters. The summed E-state index contributed by atoms with van der Waals surface area (Å²) in [7, 11) is 3.34. The van der Waals surface area contributed by atoms with E-state index < -0.39 is 0 Å². The number of hydrogen-bond donors (Lipinski definition) is 1. The zero-order valence-corrected chi connectivity index (χ0v) is 23.6. The number of nitrogens with zero attached hydrogens (tertiary/aromatic N) is 1. The van der Waals surface area contributed by atoms with Crippen molar-refractivity contribution in [3.05, 3.63) is 82.4 Å². The molecule has 1 aliphatic rings. The number of methoxy groups -OCH3 is 2. The summed E-state index contributed by atoms with van der Waals surface area (Å²) in [5.41, 5.74) is 7.20. The van der Waals surface area contributed by atoms with Crippen molar-refractivity contribution in [1.82, 2.24) is 4.90 Å². The van der Waals surface area contributed by atoms with Crippen LogP contribution in [0.25, 0.3) is 0 Å². The van der Waals surface area contributed by atoms with Gasteiger partial charge in [-0.3, -0.25) is 0 Å². The minimum Gasteiger partial charge on any atom is -0.493 e. The highest BCUT2D eigenvalue weighted by Gasteiger charge is 2.32. The molecule has 0 amide bonds. The lowest BCUT2D eigenvalue weighted by atomic mass is 9.92. The molecule has 1 N–H and O–H groups in total. The number of aryl methyl sites for hydroxylation is 2. The van der Waals surface area contributed by atoms with Gasteiger partial charge >= 0.3 is 0 Å². The van der Waals surface area contributed by atoms with Crippen LogP contribution in [0.3, 0.4) is 0 Å². The maximum atomic E-state index is 6.37. The maximum absolute atomic E-state index is 6.37. The molecule has 37 heavy (non-hydrogen) atoms. The number of thiocarbonyl (C=S) groups is 1. The molecule has 0 saturated heterocycles. The first kappa shape index (κ1) is 26.8. The Bertz CT molecular complexity index is 1240. The number of anilines is 1. The molecule has 1 atom stereocenters. The Kier molecular flexibility index (Phi) is 8.59. The molecule has 1 heterocycles. The van der Waals surface area contributed by atoms with E-state index >= 15 is 0 Å². The minimum atomic E-state index is -0.0811. The van der Waals surface area contributed by atoms with E-state index in [0.29, 0.717) is 23.4 Å². The molecule has 196 valence electrons. The fourth-order valence-corrected chi connectivity index (χ4v) is 5.28. The zero-order chi connectivity index (χ0) is 26.5. The van der Waals surface area contributed by atoms with Crippen molar-refractivity contribution < 1.29 is 14.2 Å². The van der Waals surface area contributed by atoms with Crippen LogP contribution in [0.1, 0.15) is 60.5 Å². The number of rotatable bonds is 8. The predicted octanol–water partition coefficient (Wildman–Crippen LogP) is 7.07. The summed E-state index contributed by atoms with van der Waals surface area (Å²) in [6.45, 7) is 9.91. The van der Waals surface area contributed by atoms with Gasteiger partial charge in [-0.1, -0.05) is 51.1 Å². The number of benzene rings is 3.